The molecule has 2 rings (SSSR count). The second kappa shape index (κ2) is 5.46. The average molecular weight is 270 g/mol. The molecule has 0 saturated heterocycles. The van der Waals surface area contributed by atoms with Gasteiger partial charge in [-0.25, -0.2) is 9.37 Å². The topological polar surface area (TPSA) is 46.9 Å². The first-order chi connectivity index (χ1) is 8.63. The molecule has 0 fully saturated rings. The van der Waals surface area contributed by atoms with Gasteiger partial charge in [0.15, 0.2) is 0 Å². The minimum atomic E-state index is -0.432. The Morgan fingerprint density at radius 2 is 2.28 bits per heavy atom. The largest absolute Gasteiger partial charge is 0.320 e. The average Bonchev–Trinajstić information content (AvgIpc) is 2.33. The highest BCUT2D eigenvalue weighted by atomic mass is 35.5. The summed E-state index contributed by atoms with van der Waals surface area (Å²) < 4.78 is 14.5. The normalized spacial score (nSPS) is 11.1. The van der Waals surface area contributed by atoms with Gasteiger partial charge < -0.3 is 5.32 Å². The molecule has 6 heteroatoms. The minimum Gasteiger partial charge on any atom is -0.320 e. The molecule has 96 valence electrons. The zero-order chi connectivity index (χ0) is 13.1. The van der Waals surface area contributed by atoms with Crippen molar-refractivity contribution in [3.8, 4) is 0 Å². The van der Waals surface area contributed by atoms with Crippen LogP contribution < -0.4 is 10.9 Å². The molecule has 4 nitrogen and oxygen atoms in total. The number of hydrogen-bond donors (Lipinski definition) is 1. The number of nitrogens with zero attached hydrogens (tertiary/aromatic N) is 2. The molecule has 0 aliphatic carbocycles. The smallest absolute Gasteiger partial charge is 0.262 e. The van der Waals surface area contributed by atoms with Gasteiger partial charge >= 0.3 is 0 Å². The molecule has 1 heterocycles. The van der Waals surface area contributed by atoms with Crippen molar-refractivity contribution in [2.24, 2.45) is 0 Å². The zero-order valence-corrected chi connectivity index (χ0v) is 10.7. The van der Waals surface area contributed by atoms with Crippen LogP contribution in [0.4, 0.5) is 4.39 Å². The van der Waals surface area contributed by atoms with Gasteiger partial charge in [-0.15, -0.1) is 0 Å². The van der Waals surface area contributed by atoms with Crippen molar-refractivity contribution in [2.45, 2.75) is 13.0 Å². The van der Waals surface area contributed by atoms with Gasteiger partial charge in [0, 0.05) is 12.6 Å². The summed E-state index contributed by atoms with van der Waals surface area (Å²) in [5.74, 6) is -0.432. The molecule has 0 amide bonds. The number of fused-ring (bicyclic) bond motifs is 1. The van der Waals surface area contributed by atoms with Crippen LogP contribution in [0.15, 0.2) is 23.0 Å². The van der Waals surface area contributed by atoms with Crippen molar-refractivity contribution < 1.29 is 4.39 Å². The summed E-state index contributed by atoms with van der Waals surface area (Å²) in [5.41, 5.74) is 0.0518. The van der Waals surface area contributed by atoms with E-state index in [4.69, 9.17) is 11.6 Å². The van der Waals surface area contributed by atoms with Crippen molar-refractivity contribution >= 4 is 22.5 Å². The minimum absolute atomic E-state index is 0.0919. The summed E-state index contributed by atoms with van der Waals surface area (Å²) in [6, 6.07) is 3.89. The SMILES string of the molecule is CNCCCn1c(Cl)nc2cc(F)ccc2c1=O. The van der Waals surface area contributed by atoms with Gasteiger partial charge in [0.1, 0.15) is 5.82 Å². The number of halogens is 2. The first kappa shape index (κ1) is 13.0. The van der Waals surface area contributed by atoms with E-state index in [-0.39, 0.29) is 16.4 Å². The van der Waals surface area contributed by atoms with Crippen LogP contribution in [0.3, 0.4) is 0 Å². The van der Waals surface area contributed by atoms with E-state index < -0.39 is 5.82 Å². The molecule has 0 spiro atoms. The lowest BCUT2D eigenvalue weighted by Gasteiger charge is -2.09. The lowest BCUT2D eigenvalue weighted by molar-refractivity contribution is 0.594. The Bertz CT molecular complexity index is 626. The third kappa shape index (κ3) is 2.52. The van der Waals surface area contributed by atoms with Crippen LogP contribution in [-0.4, -0.2) is 23.1 Å². The van der Waals surface area contributed by atoms with Gasteiger partial charge in [-0.1, -0.05) is 0 Å². The highest BCUT2D eigenvalue weighted by Crippen LogP contribution is 2.13. The Kier molecular flexibility index (Phi) is 3.93. The molecule has 2 aromatic rings. The van der Waals surface area contributed by atoms with E-state index in [2.05, 4.69) is 10.3 Å². The summed E-state index contributed by atoms with van der Waals surface area (Å²) in [7, 11) is 1.84. The van der Waals surface area contributed by atoms with Crippen molar-refractivity contribution in [2.75, 3.05) is 13.6 Å². The Labute approximate surface area is 108 Å². The molecule has 0 aliphatic rings. The van der Waals surface area contributed by atoms with E-state index >= 15 is 0 Å². The molecule has 0 aliphatic heterocycles. The lowest BCUT2D eigenvalue weighted by Crippen LogP contribution is -2.24. The van der Waals surface area contributed by atoms with Gasteiger partial charge in [-0.3, -0.25) is 9.36 Å². The maximum absolute atomic E-state index is 13.0. The van der Waals surface area contributed by atoms with Crippen LogP contribution >= 0.6 is 11.6 Å². The maximum Gasteiger partial charge on any atom is 0.262 e. The molecule has 0 saturated carbocycles. The summed E-state index contributed by atoms with van der Waals surface area (Å²) in [6.07, 6.45) is 0.768. The van der Waals surface area contributed by atoms with Crippen LogP contribution in [0.25, 0.3) is 10.9 Å². The Hall–Kier alpha value is -1.46. The van der Waals surface area contributed by atoms with Crippen molar-refractivity contribution in [3.05, 3.63) is 39.7 Å². The second-order valence-electron chi connectivity index (χ2n) is 3.96. The van der Waals surface area contributed by atoms with E-state index in [1.807, 2.05) is 7.05 Å². The fourth-order valence-electron chi connectivity index (χ4n) is 1.77. The summed E-state index contributed by atoms with van der Waals surface area (Å²) >= 11 is 5.95. The van der Waals surface area contributed by atoms with Crippen LogP contribution in [0.1, 0.15) is 6.42 Å². The number of rotatable bonds is 4. The fraction of sp³-hybridized carbons (Fsp3) is 0.333. The lowest BCUT2D eigenvalue weighted by atomic mass is 10.2. The third-order valence-electron chi connectivity index (χ3n) is 2.68. The van der Waals surface area contributed by atoms with E-state index in [1.54, 1.807) is 0 Å². The van der Waals surface area contributed by atoms with Gasteiger partial charge in [0.25, 0.3) is 5.56 Å². The maximum atomic E-state index is 13.0. The first-order valence-electron chi connectivity index (χ1n) is 5.63. The number of aromatic nitrogens is 2. The quantitative estimate of drug-likeness (QED) is 0.680. The van der Waals surface area contributed by atoms with Crippen molar-refractivity contribution in [1.82, 2.24) is 14.9 Å². The second-order valence-corrected chi connectivity index (χ2v) is 4.29. The number of hydrogen-bond acceptors (Lipinski definition) is 3. The van der Waals surface area contributed by atoms with Crippen LogP contribution in [0, 0.1) is 5.82 Å². The van der Waals surface area contributed by atoms with Gasteiger partial charge in [-0.05, 0) is 43.7 Å². The van der Waals surface area contributed by atoms with Crippen molar-refractivity contribution in [1.29, 1.82) is 0 Å². The Balaban J connectivity index is 2.48. The molecule has 18 heavy (non-hydrogen) atoms. The van der Waals surface area contributed by atoms with Crippen LogP contribution in [0.2, 0.25) is 5.28 Å². The highest BCUT2D eigenvalue weighted by Gasteiger charge is 2.09. The van der Waals surface area contributed by atoms with Gasteiger partial charge in [0.05, 0.1) is 10.9 Å². The predicted molar refractivity (Wildman–Crippen MR) is 69.5 cm³/mol. The highest BCUT2D eigenvalue weighted by molar-refractivity contribution is 6.28. The third-order valence-corrected chi connectivity index (χ3v) is 2.97. The van der Waals surface area contributed by atoms with Gasteiger partial charge in [-0.2, -0.15) is 0 Å². The molecule has 1 aromatic carbocycles. The van der Waals surface area contributed by atoms with Crippen LogP contribution in [-0.2, 0) is 6.54 Å². The molecule has 1 aromatic heterocycles. The number of benzene rings is 1. The van der Waals surface area contributed by atoms with E-state index in [9.17, 15) is 9.18 Å². The van der Waals surface area contributed by atoms with Crippen LogP contribution in [0.5, 0.6) is 0 Å². The summed E-state index contributed by atoms with van der Waals surface area (Å²) in [4.78, 5) is 16.2. The summed E-state index contributed by atoms with van der Waals surface area (Å²) in [6.45, 7) is 1.27. The number of nitrogens with one attached hydrogen (secondary N) is 1. The zero-order valence-electron chi connectivity index (χ0n) is 9.91. The molecular formula is C12H13ClFN3O. The molecule has 0 atom stereocenters. The van der Waals surface area contributed by atoms with E-state index in [0.717, 1.165) is 13.0 Å². The van der Waals surface area contributed by atoms with E-state index in [1.165, 1.54) is 22.8 Å². The molecular weight excluding hydrogens is 257 g/mol. The Morgan fingerprint density at radius 3 is 3.00 bits per heavy atom. The summed E-state index contributed by atoms with van der Waals surface area (Å²) in [5, 5.41) is 3.46. The molecule has 0 radical (unpaired) electrons. The fourth-order valence-corrected chi connectivity index (χ4v) is 2.03. The standard InChI is InChI=1S/C12H13ClFN3O/c1-15-5-2-6-17-11(18)9-4-3-8(14)7-10(9)16-12(17)13/h3-4,7,15H,2,5-6H2,1H3. The predicted octanol–water partition coefficient (Wildman–Crippen LogP) is 1.80. The molecule has 0 bridgehead atoms. The van der Waals surface area contributed by atoms with E-state index in [0.29, 0.717) is 11.9 Å². The molecule has 1 N–H and O–H groups in total. The Morgan fingerprint density at radius 1 is 1.50 bits per heavy atom. The molecule has 0 unspecified atom stereocenters. The first-order valence-corrected chi connectivity index (χ1v) is 6.01. The van der Waals surface area contributed by atoms with Gasteiger partial charge in [0.2, 0.25) is 5.28 Å². The van der Waals surface area contributed by atoms with Crippen molar-refractivity contribution in [3.63, 3.8) is 0 Å². The monoisotopic (exact) mass is 269 g/mol.